The monoisotopic (exact) mass is 272 g/mol. The van der Waals surface area contributed by atoms with E-state index >= 15 is 0 Å². The maximum atomic E-state index is 4.11. The zero-order valence-electron chi connectivity index (χ0n) is 14.0. The molecule has 0 aromatic carbocycles. The van der Waals surface area contributed by atoms with Crippen LogP contribution in [0.2, 0.25) is 0 Å². The molecule has 1 saturated carbocycles. The average Bonchev–Trinajstić information content (AvgIpc) is 2.40. The third-order valence-corrected chi connectivity index (χ3v) is 7.16. The van der Waals surface area contributed by atoms with Crippen molar-refractivity contribution in [2.24, 2.45) is 22.2 Å². The zero-order valence-corrected chi connectivity index (χ0v) is 14.0. The lowest BCUT2D eigenvalue weighted by Gasteiger charge is -2.55. The lowest BCUT2D eigenvalue weighted by Crippen LogP contribution is -2.44. The van der Waals surface area contributed by atoms with Crippen molar-refractivity contribution < 1.29 is 0 Å². The highest BCUT2D eigenvalue weighted by atomic mass is 14.5. The van der Waals surface area contributed by atoms with Gasteiger partial charge in [-0.3, -0.25) is 0 Å². The molecule has 0 heteroatoms. The van der Waals surface area contributed by atoms with E-state index in [2.05, 4.69) is 40.3 Å². The van der Waals surface area contributed by atoms with Crippen molar-refractivity contribution in [1.29, 1.82) is 0 Å². The predicted molar refractivity (Wildman–Crippen MR) is 87.6 cm³/mol. The van der Waals surface area contributed by atoms with Gasteiger partial charge in [-0.05, 0) is 73.5 Å². The Balaban J connectivity index is 1.98. The van der Waals surface area contributed by atoms with Gasteiger partial charge in [0.1, 0.15) is 0 Å². The predicted octanol–water partition coefficient (Wildman–Crippen LogP) is 6.29. The molecule has 3 atom stereocenters. The fourth-order valence-corrected chi connectivity index (χ4v) is 5.50. The van der Waals surface area contributed by atoms with Crippen LogP contribution in [0.3, 0.4) is 0 Å². The first-order valence-corrected chi connectivity index (χ1v) is 8.67. The minimum Gasteiger partial charge on any atom is -0.103 e. The second-order valence-electron chi connectivity index (χ2n) is 8.91. The van der Waals surface area contributed by atoms with E-state index in [1.54, 1.807) is 0 Å². The Morgan fingerprint density at radius 1 is 1.00 bits per heavy atom. The van der Waals surface area contributed by atoms with Crippen LogP contribution in [0.25, 0.3) is 0 Å². The van der Waals surface area contributed by atoms with E-state index in [1.807, 2.05) is 11.1 Å². The topological polar surface area (TPSA) is 0 Å². The van der Waals surface area contributed by atoms with Gasteiger partial charge in [-0.1, -0.05) is 44.9 Å². The molecular weight excluding hydrogens is 240 g/mol. The average molecular weight is 272 g/mol. The van der Waals surface area contributed by atoms with Gasteiger partial charge in [0.2, 0.25) is 0 Å². The Morgan fingerprint density at radius 3 is 2.45 bits per heavy atom. The number of fused-ring (bicyclic) bond motifs is 2. The summed E-state index contributed by atoms with van der Waals surface area (Å²) < 4.78 is 0. The molecule has 20 heavy (non-hydrogen) atoms. The van der Waals surface area contributed by atoms with Crippen LogP contribution in [-0.4, -0.2) is 0 Å². The number of rotatable bonds is 1. The minimum atomic E-state index is 0.395. The summed E-state index contributed by atoms with van der Waals surface area (Å²) >= 11 is 0. The van der Waals surface area contributed by atoms with Crippen LogP contribution < -0.4 is 0 Å². The van der Waals surface area contributed by atoms with Crippen LogP contribution in [0.1, 0.15) is 79.1 Å². The molecule has 0 amide bonds. The zero-order chi connectivity index (χ0) is 14.6. The van der Waals surface area contributed by atoms with E-state index in [9.17, 15) is 0 Å². The summed E-state index contributed by atoms with van der Waals surface area (Å²) in [6, 6.07) is 0. The van der Waals surface area contributed by atoms with Crippen molar-refractivity contribution in [3.63, 3.8) is 0 Å². The summed E-state index contributed by atoms with van der Waals surface area (Å²) in [7, 11) is 0. The molecular formula is C20H32. The SMILES string of the molecule is C=C[C@@]1(C)CC[C@@]2(C)C3=C(CC[C@@H]2C1)C(C)(C)CCC3. The van der Waals surface area contributed by atoms with Crippen LogP contribution in [0.4, 0.5) is 0 Å². The van der Waals surface area contributed by atoms with Crippen molar-refractivity contribution in [3.8, 4) is 0 Å². The van der Waals surface area contributed by atoms with Crippen LogP contribution in [-0.2, 0) is 0 Å². The van der Waals surface area contributed by atoms with Crippen LogP contribution in [0.5, 0.6) is 0 Å². The number of hydrogen-bond donors (Lipinski definition) is 0. The fraction of sp³-hybridized carbons (Fsp3) is 0.800. The highest BCUT2D eigenvalue weighted by molar-refractivity contribution is 5.33. The molecule has 0 bridgehead atoms. The Kier molecular flexibility index (Phi) is 3.23. The van der Waals surface area contributed by atoms with Gasteiger partial charge < -0.3 is 0 Å². The molecule has 1 fully saturated rings. The second kappa shape index (κ2) is 4.49. The second-order valence-corrected chi connectivity index (χ2v) is 8.91. The normalized spacial score (nSPS) is 43.7. The Morgan fingerprint density at radius 2 is 1.75 bits per heavy atom. The van der Waals surface area contributed by atoms with Crippen molar-refractivity contribution in [1.82, 2.24) is 0 Å². The number of allylic oxidation sites excluding steroid dienone is 3. The van der Waals surface area contributed by atoms with E-state index in [4.69, 9.17) is 0 Å². The first-order chi connectivity index (χ1) is 9.31. The minimum absolute atomic E-state index is 0.395. The molecule has 112 valence electrons. The van der Waals surface area contributed by atoms with Crippen LogP contribution in [0.15, 0.2) is 23.8 Å². The molecule has 0 aromatic rings. The Labute approximate surface area is 125 Å². The first kappa shape index (κ1) is 14.4. The summed E-state index contributed by atoms with van der Waals surface area (Å²) in [4.78, 5) is 0. The molecule has 0 nitrogen and oxygen atoms in total. The summed E-state index contributed by atoms with van der Waals surface area (Å²) in [5.41, 5.74) is 5.11. The van der Waals surface area contributed by atoms with Crippen molar-refractivity contribution in [2.45, 2.75) is 79.1 Å². The van der Waals surface area contributed by atoms with E-state index in [0.29, 0.717) is 16.2 Å². The van der Waals surface area contributed by atoms with Crippen molar-refractivity contribution >= 4 is 0 Å². The largest absolute Gasteiger partial charge is 0.103 e. The van der Waals surface area contributed by atoms with E-state index in [-0.39, 0.29) is 0 Å². The van der Waals surface area contributed by atoms with Gasteiger partial charge in [0.15, 0.2) is 0 Å². The molecule has 3 aliphatic carbocycles. The highest BCUT2D eigenvalue weighted by Crippen LogP contribution is 2.62. The number of hydrogen-bond acceptors (Lipinski definition) is 0. The van der Waals surface area contributed by atoms with Crippen molar-refractivity contribution in [2.75, 3.05) is 0 Å². The lowest BCUT2D eigenvalue weighted by atomic mass is 9.49. The van der Waals surface area contributed by atoms with Crippen molar-refractivity contribution in [3.05, 3.63) is 23.8 Å². The summed E-state index contributed by atoms with van der Waals surface area (Å²) in [5, 5.41) is 0. The van der Waals surface area contributed by atoms with Gasteiger partial charge in [-0.2, -0.15) is 0 Å². The fourth-order valence-electron chi connectivity index (χ4n) is 5.50. The Bertz CT molecular complexity index is 453. The van der Waals surface area contributed by atoms with Gasteiger partial charge in [-0.15, -0.1) is 6.58 Å². The van der Waals surface area contributed by atoms with E-state index in [0.717, 1.165) is 5.92 Å². The molecule has 0 aliphatic heterocycles. The molecule has 0 radical (unpaired) electrons. The third kappa shape index (κ3) is 2.02. The molecule has 0 unspecified atom stereocenters. The first-order valence-electron chi connectivity index (χ1n) is 8.67. The summed E-state index contributed by atoms with van der Waals surface area (Å²) in [6.07, 6.45) is 13.3. The molecule has 0 spiro atoms. The standard InChI is InChI=1S/C20H32/c1-6-19(4)12-13-20(5)15(14-19)9-10-16-17(20)8-7-11-18(16,2)3/h6,15H,1,7-14H2,2-5H3/t15-,19+,20-/m1/s1. The van der Waals surface area contributed by atoms with E-state index < -0.39 is 0 Å². The summed E-state index contributed by atoms with van der Waals surface area (Å²) in [5.74, 6) is 0.895. The highest BCUT2D eigenvalue weighted by Gasteiger charge is 2.50. The van der Waals surface area contributed by atoms with Crippen LogP contribution in [0, 0.1) is 22.2 Å². The van der Waals surface area contributed by atoms with Gasteiger partial charge in [0, 0.05) is 0 Å². The van der Waals surface area contributed by atoms with Gasteiger partial charge in [0.05, 0.1) is 0 Å². The van der Waals surface area contributed by atoms with E-state index in [1.165, 1.54) is 51.4 Å². The smallest absolute Gasteiger partial charge is 0.00845 e. The van der Waals surface area contributed by atoms with Gasteiger partial charge >= 0.3 is 0 Å². The maximum absolute atomic E-state index is 4.11. The van der Waals surface area contributed by atoms with Gasteiger partial charge in [0.25, 0.3) is 0 Å². The molecule has 0 saturated heterocycles. The summed E-state index contributed by atoms with van der Waals surface area (Å²) in [6.45, 7) is 14.1. The van der Waals surface area contributed by atoms with Crippen LogP contribution >= 0.6 is 0 Å². The lowest BCUT2D eigenvalue weighted by molar-refractivity contribution is 0.0569. The molecule has 0 heterocycles. The quantitative estimate of drug-likeness (QED) is 0.492. The molecule has 0 N–H and O–H groups in total. The van der Waals surface area contributed by atoms with Gasteiger partial charge in [-0.25, -0.2) is 0 Å². The third-order valence-electron chi connectivity index (χ3n) is 7.16. The maximum Gasteiger partial charge on any atom is -0.00845 e. The molecule has 3 rings (SSSR count). The molecule has 3 aliphatic rings. The Hall–Kier alpha value is -0.520. The molecule has 0 aromatic heterocycles.